The minimum Gasteiger partial charge on any atom is -0.444 e. The highest BCUT2D eigenvalue weighted by Crippen LogP contribution is 2.17. The number of nitrogens with zero attached hydrogens (tertiary/aromatic N) is 3. The zero-order chi connectivity index (χ0) is 14.3. The van der Waals surface area contributed by atoms with Gasteiger partial charge in [-0.2, -0.15) is 0 Å². The van der Waals surface area contributed by atoms with E-state index in [1.165, 1.54) is 11.8 Å². The molecule has 7 nitrogen and oxygen atoms in total. The Balaban J connectivity index is 2.27. The molecule has 1 aromatic rings. The highest BCUT2D eigenvalue weighted by molar-refractivity contribution is 14.1. The molecule has 1 N–H and O–H groups in total. The van der Waals surface area contributed by atoms with Gasteiger partial charge in [0.15, 0.2) is 10.7 Å². The molecule has 0 saturated carbocycles. The zero-order valence-electron chi connectivity index (χ0n) is 10.8. The number of ether oxygens (including phenoxy) is 1. The fourth-order valence-corrected chi connectivity index (χ4v) is 2.01. The van der Waals surface area contributed by atoms with Crippen LogP contribution < -0.4 is 5.32 Å². The minimum absolute atomic E-state index is 0.430. The number of rotatable bonds is 5. The highest BCUT2D eigenvalue weighted by atomic mass is 127. The first-order valence-electron chi connectivity index (χ1n) is 5.49. The van der Waals surface area contributed by atoms with Crippen LogP contribution in [-0.4, -0.2) is 40.5 Å². The Hall–Kier alpha value is -0.840. The molecule has 106 valence electrons. The molecular formula is C10H15IN4O3S. The molecule has 1 amide bonds. The average molecular weight is 398 g/mol. The van der Waals surface area contributed by atoms with Gasteiger partial charge >= 0.3 is 6.09 Å². The molecule has 0 fully saturated rings. The smallest absolute Gasteiger partial charge is 0.407 e. The largest absolute Gasteiger partial charge is 0.444 e. The van der Waals surface area contributed by atoms with E-state index in [0.29, 0.717) is 23.0 Å². The minimum atomic E-state index is -0.489. The van der Waals surface area contributed by atoms with Gasteiger partial charge in [-0.05, 0) is 31.1 Å². The molecule has 1 aromatic heterocycles. The van der Waals surface area contributed by atoms with Crippen molar-refractivity contribution in [1.82, 2.24) is 15.6 Å². The molecule has 1 heterocycles. The Bertz CT molecular complexity index is 444. The fraction of sp³-hybridized carbons (Fsp3) is 0.600. The van der Waals surface area contributed by atoms with E-state index in [1.54, 1.807) is 6.21 Å². The summed E-state index contributed by atoms with van der Waals surface area (Å²) in [6.07, 6.45) is 1.13. The van der Waals surface area contributed by atoms with Crippen LogP contribution in [0.3, 0.4) is 0 Å². The van der Waals surface area contributed by atoms with Gasteiger partial charge in [-0.3, -0.25) is 0 Å². The zero-order valence-corrected chi connectivity index (χ0v) is 13.8. The third-order valence-electron chi connectivity index (χ3n) is 1.66. The number of alkyl carbamates (subject to hydrolysis) is 1. The molecule has 0 atom stereocenters. The lowest BCUT2D eigenvalue weighted by Crippen LogP contribution is -2.33. The summed E-state index contributed by atoms with van der Waals surface area (Å²) in [6, 6.07) is 0. The summed E-state index contributed by atoms with van der Waals surface area (Å²) in [5.74, 6) is 0.634. The van der Waals surface area contributed by atoms with Crippen LogP contribution in [0.1, 0.15) is 26.5 Å². The molecule has 0 unspecified atom stereocenters. The Kier molecular flexibility index (Phi) is 6.55. The van der Waals surface area contributed by atoms with Crippen molar-refractivity contribution in [3.05, 3.63) is 5.69 Å². The van der Waals surface area contributed by atoms with Crippen LogP contribution in [0.5, 0.6) is 0 Å². The Morgan fingerprint density at radius 2 is 2.32 bits per heavy atom. The molecule has 0 aliphatic carbocycles. The first-order valence-corrected chi connectivity index (χ1v) is 7.44. The Morgan fingerprint density at radius 3 is 2.95 bits per heavy atom. The van der Waals surface area contributed by atoms with Crippen molar-refractivity contribution in [1.29, 1.82) is 0 Å². The molecule has 0 radical (unpaired) electrons. The second-order valence-corrected chi connectivity index (χ2v) is 6.10. The number of carbonyl (C=O) groups is 1. The molecule has 0 aromatic carbocycles. The van der Waals surface area contributed by atoms with Crippen LogP contribution in [0.15, 0.2) is 12.9 Å². The van der Waals surface area contributed by atoms with Crippen LogP contribution in [0, 0.1) is 0 Å². The summed E-state index contributed by atoms with van der Waals surface area (Å²) in [6.45, 7) is 5.92. The van der Waals surface area contributed by atoms with Crippen LogP contribution in [0.4, 0.5) is 4.79 Å². The third-order valence-corrected chi connectivity index (χ3v) is 2.91. The average Bonchev–Trinajstić information content (AvgIpc) is 2.70. The fourth-order valence-electron chi connectivity index (χ4n) is 1.03. The lowest BCUT2D eigenvalue weighted by atomic mass is 10.2. The summed E-state index contributed by atoms with van der Waals surface area (Å²) in [5, 5.41) is 10.7. The quantitative estimate of drug-likeness (QED) is 0.355. The van der Waals surface area contributed by atoms with Crippen molar-refractivity contribution < 1.29 is 14.2 Å². The normalized spacial score (nSPS) is 11.8. The molecule has 0 bridgehead atoms. The summed E-state index contributed by atoms with van der Waals surface area (Å²) in [5.41, 5.74) is 0.0913. The van der Waals surface area contributed by atoms with E-state index in [4.69, 9.17) is 4.74 Å². The maximum absolute atomic E-state index is 11.4. The van der Waals surface area contributed by atoms with Gasteiger partial charge in [0.1, 0.15) is 5.60 Å². The third kappa shape index (κ3) is 6.76. The topological polar surface area (TPSA) is 89.6 Å². The number of amides is 1. The summed E-state index contributed by atoms with van der Waals surface area (Å²) < 4.78 is 13.5. The highest BCUT2D eigenvalue weighted by Gasteiger charge is 2.15. The predicted octanol–water partition coefficient (Wildman–Crippen LogP) is 2.46. The molecule has 9 heteroatoms. The molecule has 0 aliphatic heterocycles. The first kappa shape index (κ1) is 16.2. The molecule has 0 saturated heterocycles. The van der Waals surface area contributed by atoms with Crippen LogP contribution in [-0.2, 0) is 4.74 Å². The second kappa shape index (κ2) is 7.68. The van der Waals surface area contributed by atoms with Crippen LogP contribution >= 0.6 is 34.6 Å². The molecule has 1 rings (SSSR count). The van der Waals surface area contributed by atoms with Gasteiger partial charge in [-0.25, -0.2) is 12.6 Å². The first-order chi connectivity index (χ1) is 8.92. The Morgan fingerprint density at radius 1 is 1.58 bits per heavy atom. The summed E-state index contributed by atoms with van der Waals surface area (Å²) in [7, 11) is 0. The SMILES string of the molecule is CC(C)(C)OC(=O)NCCSc1nonc1/C=N/I. The van der Waals surface area contributed by atoms with Gasteiger partial charge in [-0.1, -0.05) is 11.8 Å². The Labute approximate surface area is 129 Å². The van der Waals surface area contributed by atoms with E-state index < -0.39 is 11.7 Å². The number of carbonyl (C=O) groups excluding carboxylic acids is 1. The number of nitrogens with one attached hydrogen (secondary N) is 1. The number of thioether (sulfide) groups is 1. The number of hydrogen-bond donors (Lipinski definition) is 1. The molecular weight excluding hydrogens is 383 g/mol. The van der Waals surface area contributed by atoms with E-state index in [0.717, 1.165) is 0 Å². The van der Waals surface area contributed by atoms with Crippen molar-refractivity contribution in [3.63, 3.8) is 0 Å². The number of hydrogen-bond acceptors (Lipinski definition) is 7. The van der Waals surface area contributed by atoms with Crippen molar-refractivity contribution in [2.75, 3.05) is 12.3 Å². The molecule has 0 aliphatic rings. The van der Waals surface area contributed by atoms with Gasteiger partial charge in [0.25, 0.3) is 0 Å². The van der Waals surface area contributed by atoms with Crippen molar-refractivity contribution >= 4 is 46.9 Å². The van der Waals surface area contributed by atoms with E-state index >= 15 is 0 Å². The van der Waals surface area contributed by atoms with E-state index in [1.807, 2.05) is 43.6 Å². The van der Waals surface area contributed by atoms with Gasteiger partial charge in [0.05, 0.1) is 29.1 Å². The van der Waals surface area contributed by atoms with Crippen LogP contribution in [0.25, 0.3) is 0 Å². The standard InChI is InChI=1S/C10H15IN4O3S/c1-10(2,3)17-9(16)12-4-5-19-8-7(6-13-11)14-18-15-8/h6H,4-5H2,1-3H3,(H,12,16)/b13-6+. The van der Waals surface area contributed by atoms with Gasteiger partial charge in [0.2, 0.25) is 0 Å². The maximum atomic E-state index is 11.4. The van der Waals surface area contributed by atoms with Gasteiger partial charge in [-0.15, -0.1) is 0 Å². The second-order valence-electron chi connectivity index (χ2n) is 4.46. The lowest BCUT2D eigenvalue weighted by molar-refractivity contribution is 0.0531. The van der Waals surface area contributed by atoms with Crippen molar-refractivity contribution in [2.24, 2.45) is 3.21 Å². The monoisotopic (exact) mass is 398 g/mol. The van der Waals surface area contributed by atoms with Crippen LogP contribution in [0.2, 0.25) is 0 Å². The summed E-state index contributed by atoms with van der Waals surface area (Å²) >= 11 is 3.27. The summed E-state index contributed by atoms with van der Waals surface area (Å²) in [4.78, 5) is 11.4. The number of halogens is 1. The van der Waals surface area contributed by atoms with Crippen molar-refractivity contribution in [3.8, 4) is 0 Å². The van der Waals surface area contributed by atoms with E-state index in [-0.39, 0.29) is 0 Å². The van der Waals surface area contributed by atoms with Gasteiger partial charge in [0, 0.05) is 12.3 Å². The van der Waals surface area contributed by atoms with Gasteiger partial charge < -0.3 is 10.1 Å². The molecule has 0 spiro atoms. The predicted molar refractivity (Wildman–Crippen MR) is 80.9 cm³/mol. The van der Waals surface area contributed by atoms with E-state index in [9.17, 15) is 4.79 Å². The lowest BCUT2D eigenvalue weighted by Gasteiger charge is -2.19. The van der Waals surface area contributed by atoms with E-state index in [2.05, 4.69) is 23.5 Å². The number of aromatic nitrogens is 2. The maximum Gasteiger partial charge on any atom is 0.407 e. The molecule has 19 heavy (non-hydrogen) atoms. The van der Waals surface area contributed by atoms with Crippen molar-refractivity contribution in [2.45, 2.75) is 31.4 Å².